The van der Waals surface area contributed by atoms with Crippen LogP contribution in [-0.2, 0) is 0 Å². The van der Waals surface area contributed by atoms with Gasteiger partial charge in [0.2, 0.25) is 0 Å². The average Bonchev–Trinajstić information content (AvgIpc) is 3.34. The number of ether oxygens (including phenoxy) is 1. The topological polar surface area (TPSA) is 83.1 Å². The van der Waals surface area contributed by atoms with Crippen LogP contribution in [-0.4, -0.2) is 45.5 Å². The summed E-state index contributed by atoms with van der Waals surface area (Å²) >= 11 is 6.38. The summed E-state index contributed by atoms with van der Waals surface area (Å²) in [7, 11) is 1.56. The molecule has 1 amide bonds. The molecule has 0 radical (unpaired) electrons. The highest BCUT2D eigenvalue weighted by molar-refractivity contribution is 6.37. The van der Waals surface area contributed by atoms with E-state index in [-0.39, 0.29) is 17.6 Å². The van der Waals surface area contributed by atoms with Gasteiger partial charge in [0, 0.05) is 30.0 Å². The third kappa shape index (κ3) is 2.97. The van der Waals surface area contributed by atoms with E-state index in [2.05, 4.69) is 9.97 Å². The molecule has 7 nitrogen and oxygen atoms in total. The van der Waals surface area contributed by atoms with Crippen molar-refractivity contribution in [1.29, 1.82) is 0 Å². The van der Waals surface area contributed by atoms with Crippen molar-refractivity contribution in [1.82, 2.24) is 19.4 Å². The molecule has 4 aromatic rings. The smallest absolute Gasteiger partial charge is 0.326 e. The van der Waals surface area contributed by atoms with Crippen LogP contribution in [0.5, 0.6) is 5.75 Å². The molecule has 30 heavy (non-hydrogen) atoms. The number of halogens is 1. The molecule has 0 bridgehead atoms. The molecular weight excluding hydrogens is 404 g/mol. The molecule has 1 aliphatic heterocycles. The van der Waals surface area contributed by atoms with Crippen molar-refractivity contribution in [2.24, 2.45) is 0 Å². The molecule has 0 atom stereocenters. The molecule has 0 aliphatic carbocycles. The molecular formula is C22H21ClN4O3. The third-order valence-corrected chi connectivity index (χ3v) is 6.28. The lowest BCUT2D eigenvalue weighted by molar-refractivity contribution is 0.0690. The molecule has 1 saturated heterocycles. The Morgan fingerprint density at radius 2 is 1.87 bits per heavy atom. The zero-order valence-corrected chi connectivity index (χ0v) is 17.2. The van der Waals surface area contributed by atoms with Gasteiger partial charge in [-0.1, -0.05) is 23.7 Å². The van der Waals surface area contributed by atoms with Gasteiger partial charge in [-0.05, 0) is 43.2 Å². The van der Waals surface area contributed by atoms with Crippen LogP contribution in [0.4, 0.5) is 0 Å². The number of H-pyrrole nitrogens is 2. The molecule has 2 aromatic carbocycles. The molecule has 5 rings (SSSR count). The van der Waals surface area contributed by atoms with Gasteiger partial charge in [0.15, 0.2) is 0 Å². The maximum Gasteiger partial charge on any atom is 0.326 e. The fourth-order valence-corrected chi connectivity index (χ4v) is 4.65. The van der Waals surface area contributed by atoms with E-state index >= 15 is 0 Å². The summed E-state index contributed by atoms with van der Waals surface area (Å²) in [6.07, 6.45) is 1.45. The van der Waals surface area contributed by atoms with Crippen molar-refractivity contribution in [3.05, 3.63) is 63.7 Å². The number of methoxy groups -OCH3 is 1. The molecule has 3 heterocycles. The first-order valence-electron chi connectivity index (χ1n) is 9.90. The molecule has 1 fully saturated rings. The first kappa shape index (κ1) is 18.8. The van der Waals surface area contributed by atoms with Gasteiger partial charge in [-0.15, -0.1) is 0 Å². The van der Waals surface area contributed by atoms with E-state index in [4.69, 9.17) is 16.3 Å². The second-order valence-electron chi connectivity index (χ2n) is 7.57. The van der Waals surface area contributed by atoms with Crippen molar-refractivity contribution in [2.75, 3.05) is 20.2 Å². The van der Waals surface area contributed by atoms with Gasteiger partial charge < -0.3 is 19.6 Å². The Morgan fingerprint density at radius 3 is 2.63 bits per heavy atom. The lowest BCUT2D eigenvalue weighted by Gasteiger charge is -2.32. The van der Waals surface area contributed by atoms with Gasteiger partial charge >= 0.3 is 5.69 Å². The third-order valence-electron chi connectivity index (χ3n) is 5.89. The lowest BCUT2D eigenvalue weighted by Crippen LogP contribution is -2.40. The standard InChI is InChI=1S/C22H21ClN4O3/c1-30-19-7-6-15-14(20(19)23)12-17(24-15)21(28)26-10-8-13(9-11-26)27-18-5-3-2-4-16(18)25-22(27)29/h2-7,12-13,24H,8-11H2,1H3,(H,25,29). The van der Waals surface area contributed by atoms with Gasteiger partial charge in [0.1, 0.15) is 11.4 Å². The number of hydrogen-bond donors (Lipinski definition) is 2. The number of hydrogen-bond acceptors (Lipinski definition) is 3. The molecule has 2 N–H and O–H groups in total. The molecule has 2 aromatic heterocycles. The van der Waals surface area contributed by atoms with Crippen molar-refractivity contribution in [2.45, 2.75) is 18.9 Å². The van der Waals surface area contributed by atoms with Crippen molar-refractivity contribution in [3.63, 3.8) is 0 Å². The predicted molar refractivity (Wildman–Crippen MR) is 117 cm³/mol. The number of fused-ring (bicyclic) bond motifs is 2. The monoisotopic (exact) mass is 424 g/mol. The number of para-hydroxylation sites is 2. The van der Waals surface area contributed by atoms with Crippen molar-refractivity contribution < 1.29 is 9.53 Å². The summed E-state index contributed by atoms with van der Waals surface area (Å²) in [5.41, 5.74) is 2.95. The van der Waals surface area contributed by atoms with Crippen LogP contribution in [0.25, 0.3) is 21.9 Å². The number of aromatic amines is 2. The Hall–Kier alpha value is -3.19. The molecule has 1 aliphatic rings. The SMILES string of the molecule is COc1ccc2[nH]c(C(=O)N3CCC(n4c(=O)[nH]c5ccccc54)CC3)cc2c1Cl. The highest BCUT2D eigenvalue weighted by Gasteiger charge is 2.27. The number of nitrogens with one attached hydrogen (secondary N) is 2. The Labute approximate surface area is 177 Å². The molecule has 0 spiro atoms. The molecule has 154 valence electrons. The first-order valence-corrected chi connectivity index (χ1v) is 10.3. The maximum atomic E-state index is 13.1. The van der Waals surface area contributed by atoms with E-state index in [0.717, 1.165) is 34.8 Å². The number of carbonyl (C=O) groups is 1. The number of likely N-dealkylation sites (tertiary alicyclic amines) is 1. The first-order chi connectivity index (χ1) is 14.6. The Bertz CT molecular complexity index is 1310. The normalized spacial score (nSPS) is 15.2. The molecule has 0 unspecified atom stereocenters. The number of carbonyl (C=O) groups excluding carboxylic acids is 1. The summed E-state index contributed by atoms with van der Waals surface area (Å²) in [5.74, 6) is 0.512. The number of aromatic nitrogens is 3. The lowest BCUT2D eigenvalue weighted by atomic mass is 10.0. The number of nitrogens with zero attached hydrogens (tertiary/aromatic N) is 2. The Morgan fingerprint density at radius 1 is 1.10 bits per heavy atom. The summed E-state index contributed by atoms with van der Waals surface area (Å²) in [6, 6.07) is 13.2. The second-order valence-corrected chi connectivity index (χ2v) is 7.94. The number of amides is 1. The van der Waals surface area contributed by atoms with Gasteiger partial charge in [-0.2, -0.15) is 0 Å². The van der Waals surface area contributed by atoms with E-state index in [1.54, 1.807) is 19.2 Å². The summed E-state index contributed by atoms with van der Waals surface area (Å²) in [6.45, 7) is 1.17. The fourth-order valence-electron chi connectivity index (χ4n) is 4.36. The Balaban J connectivity index is 1.36. The molecule has 0 saturated carbocycles. The fraction of sp³-hybridized carbons (Fsp3) is 0.273. The van der Waals surface area contributed by atoms with E-state index in [0.29, 0.717) is 29.6 Å². The number of imidazole rings is 1. The molecule has 8 heteroatoms. The summed E-state index contributed by atoms with van der Waals surface area (Å²) < 4.78 is 7.08. The van der Waals surface area contributed by atoms with E-state index in [1.807, 2.05) is 39.8 Å². The largest absolute Gasteiger partial charge is 0.495 e. The minimum absolute atomic E-state index is 0.0639. The van der Waals surface area contributed by atoms with E-state index in [1.165, 1.54) is 0 Å². The van der Waals surface area contributed by atoms with Crippen molar-refractivity contribution in [3.8, 4) is 5.75 Å². The minimum atomic E-state index is -0.0971. The average molecular weight is 425 g/mol. The summed E-state index contributed by atoms with van der Waals surface area (Å²) in [4.78, 5) is 33.4. The van der Waals surface area contributed by atoms with Crippen LogP contribution in [0.15, 0.2) is 47.3 Å². The van der Waals surface area contributed by atoms with Crippen LogP contribution in [0, 0.1) is 0 Å². The van der Waals surface area contributed by atoms with Gasteiger partial charge in [-0.25, -0.2) is 4.79 Å². The van der Waals surface area contributed by atoms with Gasteiger partial charge in [0.05, 0.1) is 23.2 Å². The highest BCUT2D eigenvalue weighted by Crippen LogP contribution is 2.33. The predicted octanol–water partition coefficient (Wildman–Crippen LogP) is 3.95. The van der Waals surface area contributed by atoms with Gasteiger partial charge in [0.25, 0.3) is 5.91 Å². The van der Waals surface area contributed by atoms with E-state index in [9.17, 15) is 9.59 Å². The quantitative estimate of drug-likeness (QED) is 0.522. The van der Waals surface area contributed by atoms with Crippen LogP contribution < -0.4 is 10.4 Å². The second kappa shape index (κ2) is 7.25. The maximum absolute atomic E-state index is 13.1. The minimum Gasteiger partial charge on any atom is -0.495 e. The summed E-state index contributed by atoms with van der Waals surface area (Å²) in [5, 5.41) is 1.25. The Kier molecular flexibility index (Phi) is 4.55. The number of rotatable bonds is 3. The van der Waals surface area contributed by atoms with Crippen LogP contribution in [0.3, 0.4) is 0 Å². The van der Waals surface area contributed by atoms with Crippen LogP contribution in [0.2, 0.25) is 5.02 Å². The zero-order chi connectivity index (χ0) is 20.8. The van der Waals surface area contributed by atoms with Crippen LogP contribution in [0.1, 0.15) is 29.4 Å². The highest BCUT2D eigenvalue weighted by atomic mass is 35.5. The number of piperidine rings is 1. The van der Waals surface area contributed by atoms with Crippen LogP contribution >= 0.6 is 11.6 Å². The van der Waals surface area contributed by atoms with Gasteiger partial charge in [-0.3, -0.25) is 9.36 Å². The zero-order valence-electron chi connectivity index (χ0n) is 16.4. The number of benzene rings is 2. The van der Waals surface area contributed by atoms with Crippen molar-refractivity contribution >= 4 is 39.4 Å². The van der Waals surface area contributed by atoms with E-state index < -0.39 is 0 Å².